The molecule has 0 saturated heterocycles. The van der Waals surface area contributed by atoms with Crippen LogP contribution in [0.2, 0.25) is 0 Å². The van der Waals surface area contributed by atoms with Gasteiger partial charge in [0.15, 0.2) is 6.39 Å². The second-order valence-corrected chi connectivity index (χ2v) is 4.74. The van der Waals surface area contributed by atoms with Crippen molar-refractivity contribution in [3.05, 3.63) is 92.0 Å². The quantitative estimate of drug-likeness (QED) is 0.386. The predicted molar refractivity (Wildman–Crippen MR) is 92.3 cm³/mol. The van der Waals surface area contributed by atoms with E-state index in [1.54, 1.807) is 18.5 Å². The second-order valence-electron chi connectivity index (χ2n) is 4.74. The van der Waals surface area contributed by atoms with Gasteiger partial charge >= 0.3 is 0 Å². The van der Waals surface area contributed by atoms with Crippen molar-refractivity contribution in [1.29, 1.82) is 0 Å². The molecule has 0 unspecified atom stereocenters. The van der Waals surface area contributed by atoms with Crippen LogP contribution in [0, 0.1) is 0 Å². The molecule has 5 aromatic rings. The van der Waals surface area contributed by atoms with Gasteiger partial charge in [-0.15, -0.1) is 0 Å². The smallest absolute Gasteiger partial charge is 0.180 e. The number of aromatic nitrogens is 3. The summed E-state index contributed by atoms with van der Waals surface area (Å²) >= 11 is 0. The third kappa shape index (κ3) is 4.27. The highest BCUT2D eigenvalue weighted by atomic mass is 16.5. The van der Waals surface area contributed by atoms with E-state index in [1.807, 2.05) is 36.4 Å². The zero-order valence-corrected chi connectivity index (χ0v) is 12.8. The predicted octanol–water partition coefficient (Wildman–Crippen LogP) is 4.74. The molecular weight excluding hydrogens is 302 g/mol. The van der Waals surface area contributed by atoms with Gasteiger partial charge in [-0.1, -0.05) is 41.6 Å². The van der Waals surface area contributed by atoms with E-state index in [0.717, 1.165) is 11.0 Å². The zero-order chi connectivity index (χ0) is 16.5. The maximum absolute atomic E-state index is 4.58. The highest BCUT2D eigenvalue weighted by Gasteiger charge is 1.96. The van der Waals surface area contributed by atoms with Gasteiger partial charge < -0.3 is 8.94 Å². The fraction of sp³-hybridized carbons (Fsp3) is 0. The number of fused-ring (bicyclic) bond motifs is 2. The van der Waals surface area contributed by atoms with Crippen LogP contribution in [0.25, 0.3) is 21.8 Å². The largest absolute Gasteiger partial charge is 0.452 e. The van der Waals surface area contributed by atoms with Crippen molar-refractivity contribution in [3.8, 4) is 0 Å². The number of rotatable bonds is 0. The monoisotopic (exact) mass is 317 g/mol. The summed E-state index contributed by atoms with van der Waals surface area (Å²) in [5.41, 5.74) is 2.12. The molecule has 0 atom stereocenters. The van der Waals surface area contributed by atoms with Gasteiger partial charge in [-0.25, -0.2) is 9.97 Å². The first-order valence-electron chi connectivity index (χ1n) is 7.34. The van der Waals surface area contributed by atoms with Crippen molar-refractivity contribution in [3.63, 3.8) is 0 Å². The Hall–Kier alpha value is -3.47. The molecule has 5 heteroatoms. The average molecular weight is 317 g/mol. The molecule has 0 aliphatic rings. The van der Waals surface area contributed by atoms with Crippen LogP contribution in [0.1, 0.15) is 0 Å². The molecule has 0 saturated carbocycles. The number of pyridine rings is 1. The molecule has 0 N–H and O–H groups in total. The van der Waals surface area contributed by atoms with E-state index < -0.39 is 0 Å². The number of hydrogen-bond donors (Lipinski definition) is 0. The minimum Gasteiger partial charge on any atom is -0.452 e. The highest BCUT2D eigenvalue weighted by Crippen LogP contribution is 2.18. The number of nitrogens with zero attached hydrogens (tertiary/aromatic N) is 3. The summed E-state index contributed by atoms with van der Waals surface area (Å²) in [5, 5.41) is 5.75. The molecule has 0 radical (unpaired) electrons. The minimum atomic E-state index is 1.06. The summed E-state index contributed by atoms with van der Waals surface area (Å²) in [4.78, 5) is 8.13. The summed E-state index contributed by atoms with van der Waals surface area (Å²) in [6, 6.07) is 20.3. The summed E-state index contributed by atoms with van der Waals surface area (Å²) in [6.07, 6.45) is 7.57. The van der Waals surface area contributed by atoms with E-state index in [1.165, 1.54) is 29.7 Å². The number of hydrogen-bond acceptors (Lipinski definition) is 5. The Morgan fingerprint density at radius 1 is 0.708 bits per heavy atom. The summed E-state index contributed by atoms with van der Waals surface area (Å²) < 4.78 is 8.81. The lowest BCUT2D eigenvalue weighted by Gasteiger charge is -1.99. The lowest BCUT2D eigenvalue weighted by atomic mass is 10.1. The van der Waals surface area contributed by atoms with E-state index in [4.69, 9.17) is 0 Å². The average Bonchev–Trinajstić information content (AvgIpc) is 3.38. The summed E-state index contributed by atoms with van der Waals surface area (Å²) in [7, 11) is 0. The topological polar surface area (TPSA) is 65.0 Å². The Balaban J connectivity index is 0.000000138. The van der Waals surface area contributed by atoms with Crippen LogP contribution in [0.15, 0.2) is 101 Å². The van der Waals surface area contributed by atoms with Crippen molar-refractivity contribution in [1.82, 2.24) is 15.1 Å². The fourth-order valence-electron chi connectivity index (χ4n) is 2.07. The van der Waals surface area contributed by atoms with Gasteiger partial charge in [0.1, 0.15) is 12.5 Å². The Kier molecular flexibility index (Phi) is 5.30. The SMILES string of the molecule is c1ccc2nc3ccccc3cc2c1.c1cnoc1.c1cocn1. The molecule has 0 aliphatic heterocycles. The first kappa shape index (κ1) is 15.4. The Bertz CT molecular complexity index is 799. The number of benzene rings is 2. The van der Waals surface area contributed by atoms with Crippen molar-refractivity contribution in [2.24, 2.45) is 0 Å². The van der Waals surface area contributed by atoms with E-state index >= 15 is 0 Å². The van der Waals surface area contributed by atoms with Crippen LogP contribution in [0.4, 0.5) is 0 Å². The molecule has 3 aromatic heterocycles. The molecule has 118 valence electrons. The van der Waals surface area contributed by atoms with Gasteiger partial charge in [-0.2, -0.15) is 0 Å². The summed E-state index contributed by atoms with van der Waals surface area (Å²) in [5.74, 6) is 0. The van der Waals surface area contributed by atoms with Crippen molar-refractivity contribution in [2.45, 2.75) is 0 Å². The van der Waals surface area contributed by atoms with E-state index in [9.17, 15) is 0 Å². The molecule has 3 heterocycles. The standard InChI is InChI=1S/C13H9N.2C3H3NO/c1-3-7-12-10(5-1)9-11-6-2-4-8-13(11)14-12;1-2-5-3-4-1;1-2-4-5-3-1/h1-9H;2*1-3H. The first-order chi connectivity index (χ1) is 11.9. The van der Waals surface area contributed by atoms with Gasteiger partial charge in [0.25, 0.3) is 0 Å². The van der Waals surface area contributed by atoms with E-state index in [-0.39, 0.29) is 0 Å². The molecule has 0 spiro atoms. The first-order valence-corrected chi connectivity index (χ1v) is 7.34. The van der Waals surface area contributed by atoms with E-state index in [0.29, 0.717) is 0 Å². The highest BCUT2D eigenvalue weighted by molar-refractivity contribution is 5.92. The molecule has 24 heavy (non-hydrogen) atoms. The molecular formula is C19H15N3O2. The van der Waals surface area contributed by atoms with E-state index in [2.05, 4.69) is 42.3 Å². The maximum atomic E-state index is 4.58. The molecule has 0 amide bonds. The van der Waals surface area contributed by atoms with Gasteiger partial charge in [-0.3, -0.25) is 0 Å². The molecule has 0 bridgehead atoms. The van der Waals surface area contributed by atoms with Gasteiger partial charge in [-0.05, 0) is 24.3 Å². The number of para-hydroxylation sites is 2. The Labute approximate surface area is 138 Å². The molecule has 5 nitrogen and oxygen atoms in total. The number of oxazole rings is 1. The van der Waals surface area contributed by atoms with Crippen LogP contribution in [0.3, 0.4) is 0 Å². The molecule has 0 fully saturated rings. The van der Waals surface area contributed by atoms with Crippen molar-refractivity contribution in [2.75, 3.05) is 0 Å². The maximum Gasteiger partial charge on any atom is 0.180 e. The third-order valence-corrected chi connectivity index (χ3v) is 3.12. The molecule has 0 aliphatic carbocycles. The third-order valence-electron chi connectivity index (χ3n) is 3.12. The lowest BCUT2D eigenvalue weighted by Crippen LogP contribution is -1.80. The summed E-state index contributed by atoms with van der Waals surface area (Å²) in [6.45, 7) is 0. The van der Waals surface area contributed by atoms with Crippen LogP contribution >= 0.6 is 0 Å². The Morgan fingerprint density at radius 2 is 1.42 bits per heavy atom. The normalized spacial score (nSPS) is 9.67. The molecule has 5 rings (SSSR count). The zero-order valence-electron chi connectivity index (χ0n) is 12.8. The second kappa shape index (κ2) is 8.24. The van der Waals surface area contributed by atoms with Gasteiger partial charge in [0, 0.05) is 10.8 Å². The van der Waals surface area contributed by atoms with Crippen molar-refractivity contribution < 1.29 is 8.94 Å². The minimum absolute atomic E-state index is 1.06. The van der Waals surface area contributed by atoms with Crippen molar-refractivity contribution >= 4 is 21.8 Å². The van der Waals surface area contributed by atoms with Crippen LogP contribution in [0.5, 0.6) is 0 Å². The van der Waals surface area contributed by atoms with Crippen LogP contribution in [-0.2, 0) is 0 Å². The van der Waals surface area contributed by atoms with Crippen LogP contribution in [-0.4, -0.2) is 15.1 Å². The lowest BCUT2D eigenvalue weighted by molar-refractivity contribution is 0.420. The molecule has 2 aromatic carbocycles. The Morgan fingerprint density at radius 3 is 1.83 bits per heavy atom. The van der Waals surface area contributed by atoms with Gasteiger partial charge in [0.2, 0.25) is 0 Å². The van der Waals surface area contributed by atoms with Crippen LogP contribution < -0.4 is 0 Å². The van der Waals surface area contributed by atoms with Gasteiger partial charge in [0.05, 0.1) is 23.4 Å². The fourth-order valence-corrected chi connectivity index (χ4v) is 2.07.